The molecule has 2 aromatic carbocycles. The summed E-state index contributed by atoms with van der Waals surface area (Å²) in [7, 11) is 0. The van der Waals surface area contributed by atoms with Gasteiger partial charge in [0.2, 0.25) is 0 Å². The SMILES string of the molecule is C#Cc1ccc2c(c1)c(Nc1cnccc1C(=O)O)nn2C1CCOC1.CC.O=C(O)c1ccncc1Nc1nn(CCC2CCCC2)c2ccc(Cl)cc12. The van der Waals surface area contributed by atoms with Crippen molar-refractivity contribution in [2.24, 2.45) is 5.92 Å². The number of carboxylic acids is 2. The van der Waals surface area contributed by atoms with Crippen LogP contribution >= 0.6 is 11.6 Å². The van der Waals surface area contributed by atoms with Gasteiger partial charge in [-0.15, -0.1) is 6.42 Å². The number of carboxylic acid groups (broad SMARTS) is 2. The summed E-state index contributed by atoms with van der Waals surface area (Å²) in [5.74, 6) is 2.48. The lowest BCUT2D eigenvalue weighted by Gasteiger charge is -2.09. The van der Waals surface area contributed by atoms with Gasteiger partial charge < -0.3 is 25.6 Å². The molecule has 1 saturated carbocycles. The summed E-state index contributed by atoms with van der Waals surface area (Å²) in [6.45, 7) is 6.13. The third kappa shape index (κ3) is 8.88. The summed E-state index contributed by atoms with van der Waals surface area (Å²) in [5, 5.41) is 36.7. The van der Waals surface area contributed by atoms with Gasteiger partial charge in [0, 0.05) is 46.9 Å². The van der Waals surface area contributed by atoms with E-state index in [1.807, 2.05) is 59.6 Å². The van der Waals surface area contributed by atoms with Crippen molar-refractivity contribution in [3.8, 4) is 12.3 Å². The first-order chi connectivity index (χ1) is 26.8. The lowest BCUT2D eigenvalue weighted by Crippen LogP contribution is -2.10. The van der Waals surface area contributed by atoms with E-state index in [0.717, 1.165) is 52.7 Å². The number of rotatable bonds is 10. The Morgan fingerprint density at radius 3 is 2.09 bits per heavy atom. The van der Waals surface area contributed by atoms with Crippen molar-refractivity contribution in [1.82, 2.24) is 29.5 Å². The lowest BCUT2D eigenvalue weighted by molar-refractivity contribution is 0.0687. The molecule has 55 heavy (non-hydrogen) atoms. The van der Waals surface area contributed by atoms with E-state index in [0.29, 0.717) is 41.2 Å². The molecule has 6 aromatic rings. The van der Waals surface area contributed by atoms with Gasteiger partial charge in [-0.05, 0) is 67.3 Å². The van der Waals surface area contributed by atoms with E-state index in [4.69, 9.17) is 27.9 Å². The van der Waals surface area contributed by atoms with Crippen LogP contribution < -0.4 is 10.6 Å². The maximum absolute atomic E-state index is 11.5. The van der Waals surface area contributed by atoms with Gasteiger partial charge in [0.25, 0.3) is 0 Å². The number of pyridine rings is 2. The lowest BCUT2D eigenvalue weighted by atomic mass is 10.0. The number of hydrogen-bond acceptors (Lipinski definition) is 9. The second-order valence-corrected chi connectivity index (χ2v) is 13.5. The van der Waals surface area contributed by atoms with Gasteiger partial charge in [-0.1, -0.05) is 57.1 Å². The predicted molar refractivity (Wildman–Crippen MR) is 214 cm³/mol. The first-order valence-corrected chi connectivity index (χ1v) is 18.8. The van der Waals surface area contributed by atoms with Crippen molar-refractivity contribution < 1.29 is 24.5 Å². The molecule has 4 aromatic heterocycles. The second kappa shape index (κ2) is 17.9. The zero-order chi connectivity index (χ0) is 38.9. The molecule has 284 valence electrons. The predicted octanol–water partition coefficient (Wildman–Crippen LogP) is 8.95. The van der Waals surface area contributed by atoms with Crippen LogP contribution in [0.2, 0.25) is 5.02 Å². The van der Waals surface area contributed by atoms with Crippen LogP contribution in [0.4, 0.5) is 23.0 Å². The van der Waals surface area contributed by atoms with Crippen molar-refractivity contribution in [1.29, 1.82) is 0 Å². The van der Waals surface area contributed by atoms with E-state index in [-0.39, 0.29) is 17.2 Å². The Kier molecular flexibility index (Phi) is 12.6. The van der Waals surface area contributed by atoms with Crippen molar-refractivity contribution in [2.45, 2.75) is 65.0 Å². The van der Waals surface area contributed by atoms with E-state index < -0.39 is 11.9 Å². The Hall–Kier alpha value is -5.97. The Bertz CT molecular complexity index is 2340. The second-order valence-electron chi connectivity index (χ2n) is 13.1. The topological polar surface area (TPSA) is 169 Å². The maximum atomic E-state index is 11.5. The van der Waals surface area contributed by atoms with Gasteiger partial charge in [0.05, 0.1) is 58.6 Å². The number of ether oxygens (including phenoxy) is 1. The monoisotopic (exact) mass is 762 g/mol. The molecule has 14 heteroatoms. The molecule has 1 aliphatic carbocycles. The highest BCUT2D eigenvalue weighted by atomic mass is 35.5. The number of carbonyl (C=O) groups is 2. The van der Waals surface area contributed by atoms with Gasteiger partial charge in [0.1, 0.15) is 0 Å². The summed E-state index contributed by atoms with van der Waals surface area (Å²) in [6.07, 6.45) is 18.6. The third-order valence-corrected chi connectivity index (χ3v) is 9.91. The Morgan fingerprint density at radius 2 is 1.49 bits per heavy atom. The fourth-order valence-electron chi connectivity index (χ4n) is 6.95. The molecule has 2 fully saturated rings. The largest absolute Gasteiger partial charge is 0.478 e. The average Bonchev–Trinajstić information content (AvgIpc) is 4.04. The number of aryl methyl sites for hydroxylation is 1. The van der Waals surface area contributed by atoms with E-state index in [9.17, 15) is 19.8 Å². The fraction of sp³-hybridized carbons (Fsp3) is 0.317. The first kappa shape index (κ1) is 38.7. The molecule has 0 bridgehead atoms. The molecule has 13 nitrogen and oxygen atoms in total. The molecule has 0 amide bonds. The van der Waals surface area contributed by atoms with Crippen LogP contribution in [-0.4, -0.2) is 64.9 Å². The minimum atomic E-state index is -1.04. The summed E-state index contributed by atoms with van der Waals surface area (Å²) in [6, 6.07) is 14.4. The summed E-state index contributed by atoms with van der Waals surface area (Å²) in [4.78, 5) is 31.0. The quantitative estimate of drug-likeness (QED) is 0.0983. The van der Waals surface area contributed by atoms with Gasteiger partial charge >= 0.3 is 11.9 Å². The van der Waals surface area contributed by atoms with Crippen LogP contribution in [0, 0.1) is 18.3 Å². The average molecular weight is 763 g/mol. The molecule has 1 saturated heterocycles. The zero-order valence-corrected chi connectivity index (χ0v) is 31.5. The Labute approximate surface area is 323 Å². The number of nitrogens with one attached hydrogen (secondary N) is 2. The van der Waals surface area contributed by atoms with Crippen LogP contribution in [0.3, 0.4) is 0 Å². The summed E-state index contributed by atoms with van der Waals surface area (Å²) in [5.41, 5.74) is 3.70. The number of hydrogen-bond donors (Lipinski definition) is 4. The molecular weight excluding hydrogens is 720 g/mol. The molecule has 1 atom stereocenters. The van der Waals surface area contributed by atoms with Gasteiger partial charge in [-0.3, -0.25) is 19.3 Å². The molecule has 1 unspecified atom stereocenters. The van der Waals surface area contributed by atoms with Gasteiger partial charge in [0.15, 0.2) is 11.6 Å². The van der Waals surface area contributed by atoms with E-state index in [1.165, 1.54) is 62.6 Å². The summed E-state index contributed by atoms with van der Waals surface area (Å²) < 4.78 is 9.39. The van der Waals surface area contributed by atoms with Crippen molar-refractivity contribution in [2.75, 3.05) is 23.8 Å². The number of benzene rings is 2. The molecule has 4 N–H and O–H groups in total. The van der Waals surface area contributed by atoms with Crippen molar-refractivity contribution >= 4 is 68.4 Å². The van der Waals surface area contributed by atoms with Crippen LogP contribution in [0.15, 0.2) is 73.3 Å². The molecule has 0 spiro atoms. The number of terminal acetylenes is 1. The number of nitrogens with zero attached hydrogens (tertiary/aromatic N) is 6. The number of aromatic nitrogens is 6. The molecular formula is C41H43ClN8O5. The summed E-state index contributed by atoms with van der Waals surface area (Å²) >= 11 is 6.19. The van der Waals surface area contributed by atoms with E-state index >= 15 is 0 Å². The normalized spacial score (nSPS) is 15.1. The molecule has 2 aliphatic rings. The molecule has 1 aliphatic heterocycles. The van der Waals surface area contributed by atoms with Crippen molar-refractivity contribution in [3.63, 3.8) is 0 Å². The van der Waals surface area contributed by atoms with Crippen LogP contribution in [0.1, 0.15) is 84.7 Å². The van der Waals surface area contributed by atoms with Crippen molar-refractivity contribution in [3.05, 3.63) is 95.0 Å². The highest BCUT2D eigenvalue weighted by molar-refractivity contribution is 6.31. The standard InChI is InChI=1S/C20H21ClN4O2.C19H16N4O3.C2H6/c21-14-5-6-18-16(11-14)19(23-17-12-22-9-7-15(17)20(26)27)24-25(18)10-8-13-3-1-2-4-13;1-2-12-3-4-17-15(9-12)18(22-23(17)13-6-8-26-11-13)21-16-10-20-7-5-14(16)19(24)25;1-2/h5-7,9,11-13H,1-4,8,10H2,(H,23,24)(H,26,27);1,3-5,7,9-10,13H,6,8,11H2,(H,21,22)(H,24,25);1-2H3. The minimum Gasteiger partial charge on any atom is -0.478 e. The number of fused-ring (bicyclic) bond motifs is 2. The van der Waals surface area contributed by atoms with Crippen LogP contribution in [0.5, 0.6) is 0 Å². The fourth-order valence-corrected chi connectivity index (χ4v) is 7.12. The number of anilines is 4. The molecule has 5 heterocycles. The maximum Gasteiger partial charge on any atom is 0.337 e. The Balaban J connectivity index is 0.000000179. The van der Waals surface area contributed by atoms with Crippen LogP contribution in [-0.2, 0) is 11.3 Å². The minimum absolute atomic E-state index is 0.125. The number of halogens is 1. The van der Waals surface area contributed by atoms with Gasteiger partial charge in [-0.2, -0.15) is 10.2 Å². The van der Waals surface area contributed by atoms with Gasteiger partial charge in [-0.25, -0.2) is 9.59 Å². The number of aromatic carboxylic acids is 2. The first-order valence-electron chi connectivity index (χ1n) is 18.4. The van der Waals surface area contributed by atoms with E-state index in [1.54, 1.807) is 0 Å². The molecule has 8 rings (SSSR count). The third-order valence-electron chi connectivity index (χ3n) is 9.67. The Morgan fingerprint density at radius 1 is 0.873 bits per heavy atom. The molecule has 0 radical (unpaired) electrons. The smallest absolute Gasteiger partial charge is 0.337 e. The highest BCUT2D eigenvalue weighted by Crippen LogP contribution is 2.34. The zero-order valence-electron chi connectivity index (χ0n) is 30.7. The van der Waals surface area contributed by atoms with E-state index in [2.05, 4.69) is 31.6 Å². The highest BCUT2D eigenvalue weighted by Gasteiger charge is 2.24. The van der Waals surface area contributed by atoms with Crippen LogP contribution in [0.25, 0.3) is 21.8 Å².